The number of carbonyl (C=O) groups excluding carboxylic acids is 2. The minimum atomic E-state index is -0.556. The lowest BCUT2D eigenvalue weighted by Crippen LogP contribution is -2.56. The molecule has 26 heavy (non-hydrogen) atoms. The van der Waals surface area contributed by atoms with E-state index in [1.165, 1.54) is 9.80 Å². The van der Waals surface area contributed by atoms with Gasteiger partial charge < -0.3 is 20.0 Å². The summed E-state index contributed by atoms with van der Waals surface area (Å²) in [5, 5.41) is 19.6. The number of rotatable bonds is 6. The van der Waals surface area contributed by atoms with E-state index in [4.69, 9.17) is 0 Å². The van der Waals surface area contributed by atoms with Crippen LogP contribution in [0.4, 0.5) is 0 Å². The van der Waals surface area contributed by atoms with Gasteiger partial charge in [-0.1, -0.05) is 60.7 Å². The molecule has 0 bridgehead atoms. The normalized spacial score (nSPS) is 17.3. The molecule has 1 aliphatic heterocycles. The SMILES string of the molecule is O=C1CN([C@H](CO)c2ccccc2)C(=O)CN1[C@H](CO)c1ccccc1. The van der Waals surface area contributed by atoms with Gasteiger partial charge in [-0.05, 0) is 11.1 Å². The third kappa shape index (κ3) is 3.61. The zero-order valence-corrected chi connectivity index (χ0v) is 14.4. The number of amides is 2. The van der Waals surface area contributed by atoms with E-state index in [-0.39, 0.29) is 38.1 Å². The third-order valence-corrected chi connectivity index (χ3v) is 4.72. The Hall–Kier alpha value is -2.70. The Morgan fingerprint density at radius 1 is 0.692 bits per heavy atom. The summed E-state index contributed by atoms with van der Waals surface area (Å²) in [7, 11) is 0. The Morgan fingerprint density at radius 3 is 1.35 bits per heavy atom. The number of benzene rings is 2. The summed E-state index contributed by atoms with van der Waals surface area (Å²) in [5.74, 6) is -0.497. The van der Waals surface area contributed by atoms with Gasteiger partial charge in [-0.3, -0.25) is 9.59 Å². The summed E-state index contributed by atoms with van der Waals surface area (Å²) < 4.78 is 0. The highest BCUT2D eigenvalue weighted by Gasteiger charge is 2.37. The molecule has 2 N–H and O–H groups in total. The summed E-state index contributed by atoms with van der Waals surface area (Å²) in [4.78, 5) is 28.3. The Balaban J connectivity index is 1.81. The highest BCUT2D eigenvalue weighted by Crippen LogP contribution is 2.27. The van der Waals surface area contributed by atoms with Crippen molar-refractivity contribution in [1.82, 2.24) is 9.80 Å². The molecule has 3 rings (SSSR count). The maximum atomic E-state index is 12.7. The average Bonchev–Trinajstić information content (AvgIpc) is 2.68. The van der Waals surface area contributed by atoms with Crippen molar-refractivity contribution >= 4 is 11.8 Å². The highest BCUT2D eigenvalue weighted by molar-refractivity contribution is 5.93. The second-order valence-electron chi connectivity index (χ2n) is 6.26. The summed E-state index contributed by atoms with van der Waals surface area (Å²) in [6.07, 6.45) is 0. The van der Waals surface area contributed by atoms with E-state index in [9.17, 15) is 19.8 Å². The summed E-state index contributed by atoms with van der Waals surface area (Å²) in [6.45, 7) is -0.763. The van der Waals surface area contributed by atoms with E-state index in [0.29, 0.717) is 0 Å². The van der Waals surface area contributed by atoms with Gasteiger partial charge >= 0.3 is 0 Å². The predicted octanol–water partition coefficient (Wildman–Crippen LogP) is 1.12. The van der Waals surface area contributed by atoms with Gasteiger partial charge in [0.1, 0.15) is 13.1 Å². The zero-order valence-electron chi connectivity index (χ0n) is 14.4. The van der Waals surface area contributed by atoms with E-state index in [2.05, 4.69) is 0 Å². The van der Waals surface area contributed by atoms with Crippen LogP contribution in [0, 0.1) is 0 Å². The van der Waals surface area contributed by atoms with E-state index >= 15 is 0 Å². The van der Waals surface area contributed by atoms with E-state index < -0.39 is 12.1 Å². The zero-order chi connectivity index (χ0) is 18.5. The second-order valence-corrected chi connectivity index (χ2v) is 6.26. The van der Waals surface area contributed by atoms with Gasteiger partial charge in [-0.2, -0.15) is 0 Å². The minimum absolute atomic E-state index is 0.123. The van der Waals surface area contributed by atoms with Gasteiger partial charge in [0.25, 0.3) is 0 Å². The lowest BCUT2D eigenvalue weighted by Gasteiger charge is -2.41. The molecule has 136 valence electrons. The van der Waals surface area contributed by atoms with Crippen molar-refractivity contribution in [2.75, 3.05) is 26.3 Å². The lowest BCUT2D eigenvalue weighted by atomic mass is 10.0. The highest BCUT2D eigenvalue weighted by atomic mass is 16.3. The van der Waals surface area contributed by atoms with E-state index in [1.807, 2.05) is 60.7 Å². The molecule has 1 heterocycles. The van der Waals surface area contributed by atoms with Crippen molar-refractivity contribution in [3.63, 3.8) is 0 Å². The monoisotopic (exact) mass is 354 g/mol. The Labute approximate surface area is 152 Å². The number of hydrogen-bond donors (Lipinski definition) is 2. The fourth-order valence-electron chi connectivity index (χ4n) is 3.34. The first-order valence-corrected chi connectivity index (χ1v) is 8.56. The van der Waals surface area contributed by atoms with Crippen molar-refractivity contribution in [1.29, 1.82) is 0 Å². The Bertz CT molecular complexity index is 685. The molecular weight excluding hydrogens is 332 g/mol. The second kappa shape index (κ2) is 8.12. The molecule has 6 nitrogen and oxygen atoms in total. The average molecular weight is 354 g/mol. The molecule has 0 aromatic heterocycles. The number of piperazine rings is 1. The molecule has 0 saturated carbocycles. The molecule has 1 aliphatic rings. The maximum absolute atomic E-state index is 12.7. The first kappa shape index (κ1) is 18.1. The van der Waals surface area contributed by atoms with Crippen LogP contribution in [0.25, 0.3) is 0 Å². The van der Waals surface area contributed by atoms with Crippen LogP contribution in [-0.4, -0.2) is 58.1 Å². The molecule has 2 aromatic rings. The Morgan fingerprint density at radius 2 is 1.04 bits per heavy atom. The molecule has 0 spiro atoms. The first-order chi connectivity index (χ1) is 12.7. The van der Waals surface area contributed by atoms with Gasteiger partial charge in [0.05, 0.1) is 25.3 Å². The van der Waals surface area contributed by atoms with Crippen molar-refractivity contribution in [3.05, 3.63) is 71.8 Å². The van der Waals surface area contributed by atoms with Crippen molar-refractivity contribution in [3.8, 4) is 0 Å². The quantitative estimate of drug-likeness (QED) is 0.815. The smallest absolute Gasteiger partial charge is 0.243 e. The van der Waals surface area contributed by atoms with Crippen molar-refractivity contribution in [2.24, 2.45) is 0 Å². The largest absolute Gasteiger partial charge is 0.394 e. The number of aliphatic hydroxyl groups is 2. The summed E-state index contributed by atoms with van der Waals surface area (Å²) >= 11 is 0. The van der Waals surface area contributed by atoms with Crippen LogP contribution in [0.1, 0.15) is 23.2 Å². The van der Waals surface area contributed by atoms with E-state index in [0.717, 1.165) is 11.1 Å². The van der Waals surface area contributed by atoms with Crippen molar-refractivity contribution in [2.45, 2.75) is 12.1 Å². The van der Waals surface area contributed by atoms with Crippen LogP contribution >= 0.6 is 0 Å². The van der Waals surface area contributed by atoms with Crippen LogP contribution in [0.2, 0.25) is 0 Å². The van der Waals surface area contributed by atoms with Crippen LogP contribution in [0.3, 0.4) is 0 Å². The van der Waals surface area contributed by atoms with Gasteiger partial charge in [0.2, 0.25) is 11.8 Å². The third-order valence-electron chi connectivity index (χ3n) is 4.72. The Kier molecular flexibility index (Phi) is 5.65. The number of aliphatic hydroxyl groups excluding tert-OH is 2. The van der Waals surface area contributed by atoms with Crippen LogP contribution < -0.4 is 0 Å². The number of carbonyl (C=O) groups is 2. The molecule has 0 unspecified atom stereocenters. The van der Waals surface area contributed by atoms with Crippen LogP contribution in [0.5, 0.6) is 0 Å². The topological polar surface area (TPSA) is 81.1 Å². The van der Waals surface area contributed by atoms with Gasteiger partial charge in [0, 0.05) is 0 Å². The molecule has 6 heteroatoms. The fourth-order valence-corrected chi connectivity index (χ4v) is 3.34. The van der Waals surface area contributed by atoms with Crippen molar-refractivity contribution < 1.29 is 19.8 Å². The standard InChI is InChI=1S/C20H22N2O4/c23-13-17(15-7-3-1-4-8-15)21-11-20(26)22(12-19(21)25)18(14-24)16-9-5-2-6-10-16/h1-10,17-18,23-24H,11-14H2/t17-,18-/m1/s1. The maximum Gasteiger partial charge on any atom is 0.243 e. The summed E-state index contributed by atoms with van der Waals surface area (Å²) in [5.41, 5.74) is 1.57. The van der Waals surface area contributed by atoms with Crippen LogP contribution in [0.15, 0.2) is 60.7 Å². The molecule has 2 amide bonds. The van der Waals surface area contributed by atoms with Gasteiger partial charge in [-0.15, -0.1) is 0 Å². The van der Waals surface area contributed by atoms with Gasteiger partial charge in [0.15, 0.2) is 0 Å². The molecule has 0 aliphatic carbocycles. The lowest BCUT2D eigenvalue weighted by molar-refractivity contribution is -0.156. The van der Waals surface area contributed by atoms with E-state index in [1.54, 1.807) is 0 Å². The molecule has 1 fully saturated rings. The minimum Gasteiger partial charge on any atom is -0.394 e. The number of nitrogens with zero attached hydrogens (tertiary/aromatic N) is 2. The molecule has 2 atom stereocenters. The molecule has 2 aromatic carbocycles. The molecular formula is C20H22N2O4. The van der Waals surface area contributed by atoms with Crippen LogP contribution in [-0.2, 0) is 9.59 Å². The number of hydrogen-bond acceptors (Lipinski definition) is 4. The first-order valence-electron chi connectivity index (χ1n) is 8.56. The predicted molar refractivity (Wildman–Crippen MR) is 96.0 cm³/mol. The molecule has 1 saturated heterocycles. The summed E-state index contributed by atoms with van der Waals surface area (Å²) in [6, 6.07) is 17.2. The van der Waals surface area contributed by atoms with Gasteiger partial charge in [-0.25, -0.2) is 0 Å². The molecule has 0 radical (unpaired) electrons. The fraction of sp³-hybridized carbons (Fsp3) is 0.300.